The number of unbranched alkanes of at least 4 members (excludes halogenated alkanes) is 29. The summed E-state index contributed by atoms with van der Waals surface area (Å²) in [5, 5.41) is 10.6. The number of hydrogen-bond donors (Lipinski definition) is 3. The summed E-state index contributed by atoms with van der Waals surface area (Å²) in [6.45, 7) is 14.0. The van der Waals surface area contributed by atoms with Gasteiger partial charge in [0.15, 0.2) is 12.2 Å². The highest BCUT2D eigenvalue weighted by Crippen LogP contribution is 2.45. The van der Waals surface area contributed by atoms with Crippen LogP contribution in [-0.4, -0.2) is 96.7 Å². The molecular formula is C68H132O17P2. The number of phosphoric ester groups is 2. The Labute approximate surface area is 530 Å². The molecule has 0 aliphatic heterocycles. The van der Waals surface area contributed by atoms with Crippen LogP contribution >= 0.6 is 15.6 Å². The van der Waals surface area contributed by atoms with Crippen molar-refractivity contribution in [1.29, 1.82) is 0 Å². The fourth-order valence-electron chi connectivity index (χ4n) is 10.1. The van der Waals surface area contributed by atoms with Crippen LogP contribution in [-0.2, 0) is 65.4 Å². The molecule has 0 saturated carbocycles. The Morgan fingerprint density at radius 3 is 0.816 bits per heavy atom. The number of carbonyl (C=O) groups excluding carboxylic acids is 4. The molecule has 0 aromatic carbocycles. The van der Waals surface area contributed by atoms with Crippen LogP contribution in [0.25, 0.3) is 0 Å². The predicted octanol–water partition coefficient (Wildman–Crippen LogP) is 18.9. The van der Waals surface area contributed by atoms with Crippen LogP contribution in [0.2, 0.25) is 0 Å². The van der Waals surface area contributed by atoms with Gasteiger partial charge in [-0.1, -0.05) is 280 Å². The lowest BCUT2D eigenvalue weighted by Gasteiger charge is -2.21. The lowest BCUT2D eigenvalue weighted by molar-refractivity contribution is -0.161. The summed E-state index contributed by atoms with van der Waals surface area (Å²) >= 11 is 0. The van der Waals surface area contributed by atoms with Crippen molar-refractivity contribution in [2.24, 2.45) is 23.7 Å². The summed E-state index contributed by atoms with van der Waals surface area (Å²) in [6, 6.07) is 0. The molecule has 0 amide bonds. The average Bonchev–Trinajstić information content (AvgIpc) is 3.69. The molecule has 3 N–H and O–H groups in total. The Morgan fingerprint density at radius 2 is 0.552 bits per heavy atom. The molecule has 0 rings (SSSR count). The minimum absolute atomic E-state index is 0.103. The summed E-state index contributed by atoms with van der Waals surface area (Å²) < 4.78 is 68.2. The zero-order valence-corrected chi connectivity index (χ0v) is 58.4. The lowest BCUT2D eigenvalue weighted by Crippen LogP contribution is -2.30. The Kier molecular flexibility index (Phi) is 56.6. The summed E-state index contributed by atoms with van der Waals surface area (Å²) in [5.41, 5.74) is 0. The fourth-order valence-corrected chi connectivity index (χ4v) is 11.7. The highest BCUT2D eigenvalue weighted by atomic mass is 31.2. The molecule has 516 valence electrons. The summed E-state index contributed by atoms with van der Waals surface area (Å²) in [4.78, 5) is 72.4. The van der Waals surface area contributed by atoms with Gasteiger partial charge in [0.2, 0.25) is 0 Å². The van der Waals surface area contributed by atoms with E-state index in [4.69, 9.17) is 37.0 Å². The van der Waals surface area contributed by atoms with Gasteiger partial charge in [-0.2, -0.15) is 0 Å². The number of aliphatic hydroxyl groups excluding tert-OH is 1. The quantitative estimate of drug-likeness (QED) is 0.0222. The third-order valence-corrected chi connectivity index (χ3v) is 18.2. The van der Waals surface area contributed by atoms with Crippen LogP contribution in [0.5, 0.6) is 0 Å². The van der Waals surface area contributed by atoms with E-state index in [9.17, 15) is 43.2 Å². The maximum Gasteiger partial charge on any atom is 0.472 e. The Hall–Kier alpha value is -1.94. The standard InChI is InChI=1S/C68H132O17P2/c1-9-60(7)46-38-30-22-17-18-24-35-43-51-68(73)85-63(54-78-65(70)48-40-32-25-19-21-29-37-45-59(5)6)56-82-86(74,75)80-52-62(69)53-81-87(76,77)83-57-64(55-79-66(71)49-41-33-27-26-31-39-47-61(8)10-2)84-67(72)50-42-34-23-16-14-12-11-13-15-20-28-36-44-58(3)4/h58-64,69H,9-57H2,1-8H3,(H,74,75)(H,76,77)/t60?,61?,62-,63-,64-/m1/s1. The minimum Gasteiger partial charge on any atom is -0.462 e. The number of phosphoric acid groups is 2. The zero-order chi connectivity index (χ0) is 64.7. The molecule has 0 bridgehead atoms. The molecule has 0 aliphatic rings. The largest absolute Gasteiger partial charge is 0.472 e. The van der Waals surface area contributed by atoms with Gasteiger partial charge < -0.3 is 33.8 Å². The Balaban J connectivity index is 5.26. The molecule has 0 spiro atoms. The smallest absolute Gasteiger partial charge is 0.462 e. The first kappa shape index (κ1) is 85.1. The summed E-state index contributed by atoms with van der Waals surface area (Å²) in [5.74, 6) is 0.847. The zero-order valence-electron chi connectivity index (χ0n) is 56.6. The van der Waals surface area contributed by atoms with E-state index in [1.807, 2.05) is 0 Å². The average molecular weight is 1280 g/mol. The molecule has 7 atom stereocenters. The molecule has 0 radical (unpaired) electrons. The monoisotopic (exact) mass is 1280 g/mol. The third kappa shape index (κ3) is 60.1. The number of esters is 4. The van der Waals surface area contributed by atoms with E-state index in [-0.39, 0.29) is 25.7 Å². The second-order valence-corrected chi connectivity index (χ2v) is 28.9. The highest BCUT2D eigenvalue weighted by Gasteiger charge is 2.30. The number of rotatable bonds is 65. The summed E-state index contributed by atoms with van der Waals surface area (Å²) in [6.07, 6.45) is 39.0. The van der Waals surface area contributed by atoms with E-state index < -0.39 is 97.5 Å². The van der Waals surface area contributed by atoms with Crippen molar-refractivity contribution in [3.8, 4) is 0 Å². The van der Waals surface area contributed by atoms with Crippen molar-refractivity contribution in [3.63, 3.8) is 0 Å². The van der Waals surface area contributed by atoms with E-state index in [0.717, 1.165) is 120 Å². The van der Waals surface area contributed by atoms with Gasteiger partial charge in [0.05, 0.1) is 26.4 Å². The van der Waals surface area contributed by atoms with Crippen LogP contribution < -0.4 is 0 Å². The highest BCUT2D eigenvalue weighted by molar-refractivity contribution is 7.47. The van der Waals surface area contributed by atoms with Crippen molar-refractivity contribution >= 4 is 39.5 Å². The van der Waals surface area contributed by atoms with Gasteiger partial charge in [0.1, 0.15) is 19.3 Å². The van der Waals surface area contributed by atoms with E-state index in [1.165, 1.54) is 122 Å². The SMILES string of the molecule is CCC(C)CCCCCCCCCCC(=O)O[C@H](COC(=O)CCCCCCCCCC(C)C)COP(=O)(O)OC[C@@H](O)COP(=O)(O)OC[C@@H](COC(=O)CCCCCCCCC(C)CC)OC(=O)CCCCCCCCCCCCCCC(C)C. The second kappa shape index (κ2) is 57.9. The van der Waals surface area contributed by atoms with Crippen LogP contribution in [0.15, 0.2) is 0 Å². The number of carbonyl (C=O) groups is 4. The van der Waals surface area contributed by atoms with E-state index in [2.05, 4.69) is 55.4 Å². The second-order valence-electron chi connectivity index (χ2n) is 26.0. The van der Waals surface area contributed by atoms with Gasteiger partial charge in [-0.05, 0) is 49.4 Å². The lowest BCUT2D eigenvalue weighted by atomic mass is 9.99. The molecule has 0 aromatic heterocycles. The van der Waals surface area contributed by atoms with Crippen molar-refractivity contribution in [3.05, 3.63) is 0 Å². The van der Waals surface area contributed by atoms with E-state index in [0.29, 0.717) is 31.6 Å². The molecular weight excluding hydrogens is 1150 g/mol. The van der Waals surface area contributed by atoms with Crippen LogP contribution in [0.3, 0.4) is 0 Å². The maximum absolute atomic E-state index is 13.0. The first-order valence-corrected chi connectivity index (χ1v) is 38.3. The molecule has 0 saturated heterocycles. The Morgan fingerprint density at radius 1 is 0.322 bits per heavy atom. The molecule has 4 unspecified atom stereocenters. The fraction of sp³-hybridized carbons (Fsp3) is 0.941. The molecule has 17 nitrogen and oxygen atoms in total. The van der Waals surface area contributed by atoms with Crippen LogP contribution in [0, 0.1) is 23.7 Å². The van der Waals surface area contributed by atoms with Gasteiger partial charge in [-0.15, -0.1) is 0 Å². The number of aliphatic hydroxyl groups is 1. The van der Waals surface area contributed by atoms with E-state index in [1.54, 1.807) is 0 Å². The van der Waals surface area contributed by atoms with Crippen LogP contribution in [0.1, 0.15) is 331 Å². The Bertz CT molecular complexity index is 1730. The van der Waals surface area contributed by atoms with Gasteiger partial charge in [-0.25, -0.2) is 9.13 Å². The van der Waals surface area contributed by atoms with E-state index >= 15 is 0 Å². The molecule has 0 fully saturated rings. The first-order chi connectivity index (χ1) is 41.7. The first-order valence-electron chi connectivity index (χ1n) is 35.3. The number of ether oxygens (including phenoxy) is 4. The summed E-state index contributed by atoms with van der Waals surface area (Å²) in [7, 11) is -9.90. The maximum atomic E-state index is 13.0. The molecule has 19 heteroatoms. The van der Waals surface area contributed by atoms with Crippen LogP contribution in [0.4, 0.5) is 0 Å². The third-order valence-electron chi connectivity index (χ3n) is 16.3. The molecule has 87 heavy (non-hydrogen) atoms. The van der Waals surface area contributed by atoms with Gasteiger partial charge in [-0.3, -0.25) is 37.3 Å². The predicted molar refractivity (Wildman–Crippen MR) is 349 cm³/mol. The molecule has 0 heterocycles. The minimum atomic E-state index is -4.95. The van der Waals surface area contributed by atoms with Crippen molar-refractivity contribution in [2.75, 3.05) is 39.6 Å². The topological polar surface area (TPSA) is 237 Å². The molecule has 0 aromatic rings. The molecule has 0 aliphatic carbocycles. The van der Waals surface area contributed by atoms with Crippen molar-refractivity contribution < 1.29 is 80.2 Å². The van der Waals surface area contributed by atoms with Gasteiger partial charge >= 0.3 is 39.5 Å². The van der Waals surface area contributed by atoms with Gasteiger partial charge in [0.25, 0.3) is 0 Å². The van der Waals surface area contributed by atoms with Crippen molar-refractivity contribution in [2.45, 2.75) is 350 Å². The van der Waals surface area contributed by atoms with Gasteiger partial charge in [0, 0.05) is 25.7 Å². The van der Waals surface area contributed by atoms with Crippen molar-refractivity contribution in [1.82, 2.24) is 0 Å². The normalized spacial score (nSPS) is 15.0. The number of hydrogen-bond acceptors (Lipinski definition) is 15.